The van der Waals surface area contributed by atoms with Gasteiger partial charge in [-0.3, -0.25) is 37.3 Å². The molecule has 0 aromatic rings. The first-order valence-corrected chi connectivity index (χ1v) is 42.6. The van der Waals surface area contributed by atoms with Crippen LogP contribution in [0.2, 0.25) is 0 Å². The molecule has 0 radical (unpaired) electrons. The molecule has 5 atom stereocenters. The van der Waals surface area contributed by atoms with Crippen molar-refractivity contribution >= 4 is 39.5 Å². The number of ether oxygens (including phenoxy) is 4. The Labute approximate surface area is 581 Å². The van der Waals surface area contributed by atoms with Crippen LogP contribution < -0.4 is 0 Å². The number of carbonyl (C=O) groups is 4. The number of rotatable bonds is 76. The number of hydrogen-bond acceptors (Lipinski definition) is 15. The summed E-state index contributed by atoms with van der Waals surface area (Å²) in [7, 11) is -9.90. The molecule has 2 unspecified atom stereocenters. The van der Waals surface area contributed by atoms with Crippen LogP contribution in [0.3, 0.4) is 0 Å². The third kappa shape index (κ3) is 70.3. The summed E-state index contributed by atoms with van der Waals surface area (Å²) in [6.45, 7) is 7.24. The van der Waals surface area contributed by atoms with E-state index in [1.165, 1.54) is 218 Å². The molecule has 0 saturated heterocycles. The van der Waals surface area contributed by atoms with Crippen LogP contribution in [-0.4, -0.2) is 96.7 Å². The molecule has 0 heterocycles. The number of aliphatic hydroxyl groups is 1. The summed E-state index contributed by atoms with van der Waals surface area (Å²) in [5.41, 5.74) is 0. The van der Waals surface area contributed by atoms with Gasteiger partial charge < -0.3 is 33.8 Å². The van der Waals surface area contributed by atoms with Crippen LogP contribution >= 0.6 is 15.6 Å². The van der Waals surface area contributed by atoms with Crippen molar-refractivity contribution in [1.82, 2.24) is 0 Å². The van der Waals surface area contributed by atoms with E-state index in [0.717, 1.165) is 102 Å². The van der Waals surface area contributed by atoms with Crippen LogP contribution in [0.4, 0.5) is 0 Å². The summed E-state index contributed by atoms with van der Waals surface area (Å²) in [6.07, 6.45) is 58.7. The monoisotopic (exact) mass is 1400 g/mol. The summed E-state index contributed by atoms with van der Waals surface area (Å²) in [5.74, 6) is -1.30. The van der Waals surface area contributed by atoms with Gasteiger partial charge in [-0.2, -0.15) is 0 Å². The summed E-state index contributed by atoms with van der Waals surface area (Å²) < 4.78 is 68.3. The van der Waals surface area contributed by atoms with Gasteiger partial charge in [-0.15, -0.1) is 0 Å². The van der Waals surface area contributed by atoms with Crippen molar-refractivity contribution < 1.29 is 80.2 Å². The smallest absolute Gasteiger partial charge is 0.462 e. The largest absolute Gasteiger partial charge is 0.472 e. The minimum atomic E-state index is -4.95. The molecule has 3 N–H and O–H groups in total. The predicted molar refractivity (Wildman–Crippen MR) is 386 cm³/mol. The molecule has 0 aliphatic rings. The van der Waals surface area contributed by atoms with E-state index >= 15 is 0 Å². The number of phosphoric acid groups is 2. The summed E-state index contributed by atoms with van der Waals surface area (Å²) >= 11 is 0. The van der Waals surface area contributed by atoms with Gasteiger partial charge in [0.15, 0.2) is 12.2 Å². The highest BCUT2D eigenvalue weighted by molar-refractivity contribution is 7.47. The Hall–Kier alpha value is -1.94. The van der Waals surface area contributed by atoms with E-state index < -0.39 is 97.5 Å². The molecule has 0 aliphatic heterocycles. The maximum atomic E-state index is 13.1. The fourth-order valence-corrected chi connectivity index (χ4v) is 13.3. The maximum absolute atomic E-state index is 13.1. The minimum Gasteiger partial charge on any atom is -0.462 e. The fraction of sp³-hybridized carbons (Fsp3) is 0.947. The number of phosphoric ester groups is 2. The van der Waals surface area contributed by atoms with E-state index in [1.54, 1.807) is 0 Å². The van der Waals surface area contributed by atoms with Crippen molar-refractivity contribution in [3.63, 3.8) is 0 Å². The maximum Gasteiger partial charge on any atom is 0.472 e. The second-order valence-electron chi connectivity index (χ2n) is 27.9. The average molecular weight is 1400 g/mol. The van der Waals surface area contributed by atoms with E-state index in [1.807, 2.05) is 0 Å². The third-order valence-electron chi connectivity index (χ3n) is 17.8. The molecule has 95 heavy (non-hydrogen) atoms. The average Bonchev–Trinajstić information content (AvgIpc) is 3.75. The molecule has 0 spiro atoms. The molecule has 0 saturated carbocycles. The van der Waals surface area contributed by atoms with Gasteiger partial charge in [-0.25, -0.2) is 9.13 Å². The highest BCUT2D eigenvalue weighted by Gasteiger charge is 2.30. The molecule has 0 aromatic carbocycles. The lowest BCUT2D eigenvalue weighted by atomic mass is 10.0. The van der Waals surface area contributed by atoms with Crippen molar-refractivity contribution in [3.05, 3.63) is 0 Å². The molecule has 0 fully saturated rings. The summed E-state index contributed by atoms with van der Waals surface area (Å²) in [6, 6.07) is 0. The molecule has 0 rings (SSSR count). The molecular formula is C76H148O17P2. The minimum absolute atomic E-state index is 0.107. The number of esters is 4. The van der Waals surface area contributed by atoms with Crippen LogP contribution in [0, 0.1) is 5.92 Å². The van der Waals surface area contributed by atoms with Gasteiger partial charge in [0.2, 0.25) is 0 Å². The van der Waals surface area contributed by atoms with Crippen LogP contribution in [-0.2, 0) is 65.4 Å². The lowest BCUT2D eigenvalue weighted by Crippen LogP contribution is -2.30. The van der Waals surface area contributed by atoms with Gasteiger partial charge in [-0.1, -0.05) is 349 Å². The number of aliphatic hydroxyl groups excluding tert-OH is 1. The Bertz CT molecular complexity index is 1820. The quantitative estimate of drug-likeness (QED) is 0.0222. The van der Waals surface area contributed by atoms with Gasteiger partial charge >= 0.3 is 39.5 Å². The van der Waals surface area contributed by atoms with Gasteiger partial charge in [0.25, 0.3) is 0 Å². The topological polar surface area (TPSA) is 237 Å². The predicted octanol–water partition coefficient (Wildman–Crippen LogP) is 22.5. The lowest BCUT2D eigenvalue weighted by Gasteiger charge is -2.21. The Morgan fingerprint density at radius 2 is 0.484 bits per heavy atom. The molecule has 17 nitrogen and oxygen atoms in total. The third-order valence-corrected chi connectivity index (χ3v) is 19.7. The lowest BCUT2D eigenvalue weighted by molar-refractivity contribution is -0.161. The van der Waals surface area contributed by atoms with Crippen LogP contribution in [0.15, 0.2) is 0 Å². The molecule has 0 amide bonds. The van der Waals surface area contributed by atoms with Gasteiger partial charge in [0.05, 0.1) is 26.4 Å². The van der Waals surface area contributed by atoms with Crippen LogP contribution in [0.25, 0.3) is 0 Å². The van der Waals surface area contributed by atoms with E-state index in [2.05, 4.69) is 34.6 Å². The highest BCUT2D eigenvalue weighted by atomic mass is 31.2. The van der Waals surface area contributed by atoms with E-state index in [0.29, 0.717) is 25.7 Å². The zero-order valence-corrected chi connectivity index (χ0v) is 63.6. The van der Waals surface area contributed by atoms with Gasteiger partial charge in [0.1, 0.15) is 19.3 Å². The number of hydrogen-bond donors (Lipinski definition) is 3. The highest BCUT2D eigenvalue weighted by Crippen LogP contribution is 2.45. The van der Waals surface area contributed by atoms with Crippen molar-refractivity contribution in [3.8, 4) is 0 Å². The Balaban J connectivity index is 5.12. The van der Waals surface area contributed by atoms with Crippen molar-refractivity contribution in [2.45, 2.75) is 419 Å². The first-order valence-electron chi connectivity index (χ1n) is 39.6. The fourth-order valence-electron chi connectivity index (χ4n) is 11.7. The molecule has 564 valence electrons. The first-order chi connectivity index (χ1) is 46.0. The van der Waals surface area contributed by atoms with E-state index in [-0.39, 0.29) is 25.7 Å². The zero-order valence-electron chi connectivity index (χ0n) is 61.8. The zero-order chi connectivity index (χ0) is 69.8. The molecule has 0 aliphatic carbocycles. The molecule has 0 bridgehead atoms. The normalized spacial score (nSPS) is 13.9. The standard InChI is InChI=1S/C76H148O17P2/c1-6-9-12-15-17-19-21-23-24-27-31-34-38-41-45-50-55-60-74(79)87-66-72(93-76(81)62-57-52-47-43-39-35-32-29-26-25-28-30-33-36-40-44-49-53-58-69(4)5)68-91-95(84,85)89-64-70(77)63-88-94(82,83)90-67-71(65-86-73(78)59-54-48-14-11-8-3)92-75(80)61-56-51-46-42-37-22-20-18-16-13-10-7-2/h69-72,77H,6-68H2,1-5H3,(H,82,83)(H,84,85)/t70-,71+,72+/m0/s1. The Kier molecular flexibility index (Phi) is 67.7. The number of unbranched alkanes of at least 4 members (excludes halogenated alkanes) is 48. The SMILES string of the molecule is CCCCCCCCCCCCCCCCCCCC(=O)OC[C@H](COP(=O)(O)OC[C@@H](O)COP(=O)(O)OC[C@@H](COC(=O)CCCCCCC)OC(=O)CCCCCCCCCCCCCC)OC(=O)CCCCCCCCCCCCCCCCCCCCC(C)C. The van der Waals surface area contributed by atoms with E-state index in [9.17, 15) is 43.2 Å². The summed E-state index contributed by atoms with van der Waals surface area (Å²) in [4.78, 5) is 72.5. The second-order valence-corrected chi connectivity index (χ2v) is 30.8. The number of carbonyl (C=O) groups excluding carboxylic acids is 4. The van der Waals surface area contributed by atoms with Crippen molar-refractivity contribution in [1.29, 1.82) is 0 Å². The second kappa shape index (κ2) is 69.2. The molecule has 0 aromatic heterocycles. The Morgan fingerprint density at radius 3 is 0.716 bits per heavy atom. The van der Waals surface area contributed by atoms with Gasteiger partial charge in [-0.05, 0) is 31.6 Å². The molecule has 19 heteroatoms. The van der Waals surface area contributed by atoms with Crippen LogP contribution in [0.5, 0.6) is 0 Å². The van der Waals surface area contributed by atoms with Crippen molar-refractivity contribution in [2.24, 2.45) is 5.92 Å². The van der Waals surface area contributed by atoms with Gasteiger partial charge in [0, 0.05) is 25.7 Å². The first kappa shape index (κ1) is 93.1. The van der Waals surface area contributed by atoms with E-state index in [4.69, 9.17) is 37.0 Å². The Morgan fingerprint density at radius 1 is 0.284 bits per heavy atom. The van der Waals surface area contributed by atoms with Crippen molar-refractivity contribution in [2.75, 3.05) is 39.6 Å². The molecular weight excluding hydrogens is 1250 g/mol. The summed E-state index contributed by atoms with van der Waals surface area (Å²) in [5, 5.41) is 10.6. The van der Waals surface area contributed by atoms with Crippen LogP contribution in [0.1, 0.15) is 401 Å².